The number of rotatable bonds is 4. The molecule has 0 saturated heterocycles. The van der Waals surface area contributed by atoms with Crippen LogP contribution in [0.15, 0.2) is 0 Å². The first-order valence-electron chi connectivity index (χ1n) is 3.12. The minimum Gasteiger partial charge on any atom is -0.550 e. The van der Waals surface area contributed by atoms with Crippen LogP contribution in [0.2, 0.25) is 0 Å². The van der Waals surface area contributed by atoms with Crippen molar-refractivity contribution in [2.24, 2.45) is 0 Å². The first kappa shape index (κ1) is 18.2. The van der Waals surface area contributed by atoms with Crippen LogP contribution in [-0.2, 0) is 9.53 Å². The Morgan fingerprint density at radius 2 is 1.58 bits per heavy atom. The maximum Gasteiger partial charge on any atom is 1.00 e. The van der Waals surface area contributed by atoms with Crippen LogP contribution in [0.4, 0.5) is 0 Å². The molecular weight excluding hydrogens is 175 g/mol. The number of aliphatic hydroxyl groups is 2. The van der Waals surface area contributed by atoms with Crippen molar-refractivity contribution < 1.29 is 54.4 Å². The number of hydrogen-bond acceptors (Lipinski definition) is 5. The van der Waals surface area contributed by atoms with Gasteiger partial charge in [0.1, 0.15) is 0 Å². The molecule has 0 radical (unpaired) electrons. The zero-order valence-corrected chi connectivity index (χ0v) is 9.45. The van der Waals surface area contributed by atoms with Gasteiger partial charge in [-0.25, -0.2) is 0 Å². The molecule has 0 amide bonds. The molecular formula is C6H13NaO5. The average Bonchev–Trinajstić information content (AvgIpc) is 1.88. The molecule has 0 aliphatic carbocycles. The molecule has 0 saturated carbocycles. The van der Waals surface area contributed by atoms with E-state index in [-0.39, 0.29) is 42.8 Å². The summed E-state index contributed by atoms with van der Waals surface area (Å²) in [6.45, 7) is 1.67. The van der Waals surface area contributed by atoms with Crippen molar-refractivity contribution >= 4 is 5.97 Å². The molecule has 5 nitrogen and oxygen atoms in total. The van der Waals surface area contributed by atoms with Crippen LogP contribution < -0.4 is 34.7 Å². The van der Waals surface area contributed by atoms with Gasteiger partial charge in [0.2, 0.25) is 0 Å². The van der Waals surface area contributed by atoms with Crippen molar-refractivity contribution in [2.75, 3.05) is 26.4 Å². The minimum absolute atomic E-state index is 0. The van der Waals surface area contributed by atoms with Gasteiger partial charge in [-0.1, -0.05) is 0 Å². The van der Waals surface area contributed by atoms with Gasteiger partial charge < -0.3 is 24.9 Å². The Hall–Kier alpha value is 0.350. The van der Waals surface area contributed by atoms with Crippen LogP contribution >= 0.6 is 0 Å². The van der Waals surface area contributed by atoms with Crippen molar-refractivity contribution in [3.63, 3.8) is 0 Å². The third-order valence-electron chi connectivity index (χ3n) is 0.471. The molecule has 68 valence electrons. The van der Waals surface area contributed by atoms with Gasteiger partial charge in [-0.2, -0.15) is 0 Å². The molecule has 6 heteroatoms. The van der Waals surface area contributed by atoms with Crippen molar-refractivity contribution in [2.45, 2.75) is 6.92 Å². The summed E-state index contributed by atoms with van der Waals surface area (Å²) in [6, 6.07) is 0. The Morgan fingerprint density at radius 3 is 1.75 bits per heavy atom. The summed E-state index contributed by atoms with van der Waals surface area (Å²) in [5.41, 5.74) is 0. The SMILES string of the molecule is CC(=O)[O-].OCCOCCO.[Na+]. The van der Waals surface area contributed by atoms with Gasteiger partial charge in [-0.15, -0.1) is 0 Å². The maximum atomic E-state index is 8.89. The second-order valence-corrected chi connectivity index (χ2v) is 1.55. The zero-order valence-electron chi connectivity index (χ0n) is 7.45. The number of carboxylic acids is 1. The summed E-state index contributed by atoms with van der Waals surface area (Å²) >= 11 is 0. The fourth-order valence-corrected chi connectivity index (χ4v) is 0.231. The predicted octanol–water partition coefficient (Wildman–Crippen LogP) is -5.25. The van der Waals surface area contributed by atoms with Gasteiger partial charge in [-0.3, -0.25) is 0 Å². The van der Waals surface area contributed by atoms with E-state index in [1.54, 1.807) is 0 Å². The van der Waals surface area contributed by atoms with Crippen molar-refractivity contribution in [1.29, 1.82) is 0 Å². The van der Waals surface area contributed by atoms with Crippen molar-refractivity contribution in [1.82, 2.24) is 0 Å². The van der Waals surface area contributed by atoms with Gasteiger partial charge in [0.15, 0.2) is 0 Å². The second kappa shape index (κ2) is 17.4. The van der Waals surface area contributed by atoms with Gasteiger partial charge in [0.05, 0.1) is 26.4 Å². The number of carbonyl (C=O) groups is 1. The molecule has 0 heterocycles. The molecule has 0 aliphatic rings. The zero-order chi connectivity index (χ0) is 9.11. The third kappa shape index (κ3) is 47.8. The molecule has 0 aromatic heterocycles. The largest absolute Gasteiger partial charge is 1.00 e. The number of carbonyl (C=O) groups excluding carboxylic acids is 1. The second-order valence-electron chi connectivity index (χ2n) is 1.55. The molecule has 0 aromatic rings. The molecule has 0 spiro atoms. The van der Waals surface area contributed by atoms with Gasteiger partial charge in [-0.05, 0) is 6.92 Å². The quantitative estimate of drug-likeness (QED) is 0.340. The molecule has 0 fully saturated rings. The fraction of sp³-hybridized carbons (Fsp3) is 0.833. The van der Waals surface area contributed by atoms with E-state index >= 15 is 0 Å². The summed E-state index contributed by atoms with van der Waals surface area (Å²) in [7, 11) is 0. The topological polar surface area (TPSA) is 89.8 Å². The van der Waals surface area contributed by atoms with Crippen molar-refractivity contribution in [3.05, 3.63) is 0 Å². The maximum absolute atomic E-state index is 8.89. The Labute approximate surface area is 93.6 Å². The van der Waals surface area contributed by atoms with Crippen LogP contribution in [0.5, 0.6) is 0 Å². The Bertz CT molecular complexity index is 80.0. The Kier molecular flexibility index (Phi) is 26.4. The van der Waals surface area contributed by atoms with Gasteiger partial charge in [0, 0.05) is 5.97 Å². The monoisotopic (exact) mass is 188 g/mol. The van der Waals surface area contributed by atoms with Crippen molar-refractivity contribution in [3.8, 4) is 0 Å². The van der Waals surface area contributed by atoms with Crippen LogP contribution in [0.25, 0.3) is 0 Å². The minimum atomic E-state index is -1.08. The molecule has 0 aliphatic heterocycles. The summed E-state index contributed by atoms with van der Waals surface area (Å²) < 4.78 is 4.63. The summed E-state index contributed by atoms with van der Waals surface area (Å²) in [4.78, 5) is 8.89. The molecule has 0 aromatic carbocycles. The van der Waals surface area contributed by atoms with E-state index in [9.17, 15) is 0 Å². The third-order valence-corrected chi connectivity index (χ3v) is 0.471. The number of carboxylic acid groups (broad SMARTS) is 1. The number of aliphatic carboxylic acids is 1. The predicted molar refractivity (Wildman–Crippen MR) is 35.7 cm³/mol. The van der Waals surface area contributed by atoms with E-state index in [0.29, 0.717) is 13.2 Å². The number of hydrogen-bond donors (Lipinski definition) is 2. The van der Waals surface area contributed by atoms with Crippen LogP contribution in [0.3, 0.4) is 0 Å². The number of ether oxygens (including phenoxy) is 1. The molecule has 0 unspecified atom stereocenters. The molecule has 0 bridgehead atoms. The van der Waals surface area contributed by atoms with Crippen LogP contribution in [-0.4, -0.2) is 42.6 Å². The smallest absolute Gasteiger partial charge is 0.550 e. The first-order chi connectivity index (χ1) is 5.15. The summed E-state index contributed by atoms with van der Waals surface area (Å²) in [5, 5.41) is 25.1. The normalized spacial score (nSPS) is 7.58. The Balaban J connectivity index is -0.000000142. The first-order valence-corrected chi connectivity index (χ1v) is 3.12. The molecule has 0 rings (SSSR count). The molecule has 12 heavy (non-hydrogen) atoms. The fourth-order valence-electron chi connectivity index (χ4n) is 0.231. The van der Waals surface area contributed by atoms with E-state index in [1.165, 1.54) is 0 Å². The average molecular weight is 188 g/mol. The Morgan fingerprint density at radius 1 is 1.33 bits per heavy atom. The summed E-state index contributed by atoms with van der Waals surface area (Å²) in [5.74, 6) is -1.08. The van der Waals surface area contributed by atoms with E-state index in [1.807, 2.05) is 0 Å². The van der Waals surface area contributed by atoms with E-state index in [0.717, 1.165) is 6.92 Å². The van der Waals surface area contributed by atoms with Crippen LogP contribution in [0.1, 0.15) is 6.92 Å². The molecule has 2 N–H and O–H groups in total. The number of aliphatic hydroxyl groups excluding tert-OH is 2. The van der Waals surface area contributed by atoms with E-state index < -0.39 is 5.97 Å². The van der Waals surface area contributed by atoms with E-state index in [2.05, 4.69) is 4.74 Å². The van der Waals surface area contributed by atoms with E-state index in [4.69, 9.17) is 20.1 Å². The van der Waals surface area contributed by atoms with Gasteiger partial charge >= 0.3 is 29.6 Å². The standard InChI is InChI=1S/C4H10O3.C2H4O2.Na/c5-1-3-7-4-2-6;1-2(3)4;/h5-6H,1-4H2;1H3,(H,3,4);/q;;+1/p-1. The summed E-state index contributed by atoms with van der Waals surface area (Å²) in [6.07, 6.45) is 0. The molecule has 0 atom stereocenters. The van der Waals surface area contributed by atoms with Crippen LogP contribution in [0, 0.1) is 0 Å². The van der Waals surface area contributed by atoms with Gasteiger partial charge in [0.25, 0.3) is 0 Å².